The van der Waals surface area contributed by atoms with E-state index in [-0.39, 0.29) is 0 Å². The van der Waals surface area contributed by atoms with Crippen molar-refractivity contribution in [2.24, 2.45) is 5.11 Å². The number of aromatic amines is 1. The molecular weight excluding hydrogens is 286 g/mol. The first kappa shape index (κ1) is 15.2. The van der Waals surface area contributed by atoms with E-state index in [1.54, 1.807) is 0 Å². The van der Waals surface area contributed by atoms with Gasteiger partial charge in [0.05, 0.1) is 13.2 Å². The van der Waals surface area contributed by atoms with Gasteiger partial charge in [-0.3, -0.25) is 14.3 Å². The molecule has 0 radical (unpaired) electrons. The van der Waals surface area contributed by atoms with E-state index in [1.807, 2.05) is 4.98 Å². The van der Waals surface area contributed by atoms with Crippen molar-refractivity contribution < 1.29 is 20.1 Å². The van der Waals surface area contributed by atoms with Crippen LogP contribution in [0, 0.1) is 0 Å². The van der Waals surface area contributed by atoms with Crippen LogP contribution in [0.5, 0.6) is 0 Å². The Balaban J connectivity index is 2.50. The molecule has 0 aliphatic carbocycles. The minimum Gasteiger partial charge on any atom is -0.393 e. The van der Waals surface area contributed by atoms with Crippen molar-refractivity contribution in [3.8, 4) is 0 Å². The average Bonchev–Trinajstić information content (AvgIpc) is 2.74. The van der Waals surface area contributed by atoms with Gasteiger partial charge in [0.2, 0.25) is 0 Å². The molecule has 1 aromatic heterocycles. The van der Waals surface area contributed by atoms with Gasteiger partial charge in [0.1, 0.15) is 17.7 Å². The molecule has 2 heterocycles. The van der Waals surface area contributed by atoms with Crippen LogP contribution in [0.3, 0.4) is 0 Å². The van der Waals surface area contributed by atoms with E-state index in [9.17, 15) is 24.9 Å². The smallest absolute Gasteiger partial charge is 0.330 e. The summed E-state index contributed by atoms with van der Waals surface area (Å²) in [5.74, 6) is 0. The van der Waals surface area contributed by atoms with Crippen molar-refractivity contribution in [1.29, 1.82) is 0 Å². The zero-order valence-electron chi connectivity index (χ0n) is 10.7. The van der Waals surface area contributed by atoms with E-state index >= 15 is 0 Å². The highest BCUT2D eigenvalue weighted by Gasteiger charge is 2.55. The van der Waals surface area contributed by atoms with Crippen LogP contribution in [0.4, 0.5) is 0 Å². The Morgan fingerprint density at radius 2 is 2.14 bits per heavy atom. The summed E-state index contributed by atoms with van der Waals surface area (Å²) in [6.45, 7) is -1.47. The third kappa shape index (κ3) is 2.44. The van der Waals surface area contributed by atoms with Crippen LogP contribution >= 0.6 is 0 Å². The first-order valence-electron chi connectivity index (χ1n) is 5.92. The van der Waals surface area contributed by atoms with Crippen LogP contribution in [-0.4, -0.2) is 55.8 Å². The topological polar surface area (TPSA) is 174 Å². The highest BCUT2D eigenvalue weighted by Crippen LogP contribution is 2.38. The number of azide groups is 1. The van der Waals surface area contributed by atoms with Crippen LogP contribution < -0.4 is 11.2 Å². The normalized spacial score (nSPS) is 27.3. The van der Waals surface area contributed by atoms with Crippen molar-refractivity contribution in [2.75, 3.05) is 13.2 Å². The number of hydrogen-bond donors (Lipinski definition) is 4. The minimum absolute atomic E-state index is 0.633. The fourth-order valence-corrected chi connectivity index (χ4v) is 2.24. The van der Waals surface area contributed by atoms with E-state index < -0.39 is 48.4 Å². The second-order valence-electron chi connectivity index (χ2n) is 4.55. The van der Waals surface area contributed by atoms with Gasteiger partial charge < -0.3 is 20.1 Å². The third-order valence-electron chi connectivity index (χ3n) is 3.35. The lowest BCUT2D eigenvalue weighted by molar-refractivity contribution is -0.132. The van der Waals surface area contributed by atoms with Crippen LogP contribution in [0.1, 0.15) is 6.23 Å². The van der Waals surface area contributed by atoms with Crippen molar-refractivity contribution in [3.63, 3.8) is 0 Å². The summed E-state index contributed by atoms with van der Waals surface area (Å²) in [5, 5.41) is 32.3. The maximum atomic E-state index is 11.7. The molecule has 1 aliphatic rings. The Hall–Kier alpha value is -2.17. The first-order chi connectivity index (χ1) is 9.99. The van der Waals surface area contributed by atoms with Gasteiger partial charge in [0, 0.05) is 17.2 Å². The van der Waals surface area contributed by atoms with Crippen LogP contribution in [-0.2, 0) is 4.74 Å². The van der Waals surface area contributed by atoms with Crippen LogP contribution in [0.15, 0.2) is 27.0 Å². The molecule has 0 unspecified atom stereocenters. The summed E-state index contributed by atoms with van der Waals surface area (Å²) in [6.07, 6.45) is -1.74. The van der Waals surface area contributed by atoms with Gasteiger partial charge in [0.25, 0.3) is 5.56 Å². The summed E-state index contributed by atoms with van der Waals surface area (Å²) in [7, 11) is 0. The molecule has 0 spiro atoms. The Morgan fingerprint density at radius 3 is 2.67 bits per heavy atom. The molecule has 11 nitrogen and oxygen atoms in total. The van der Waals surface area contributed by atoms with Crippen molar-refractivity contribution in [3.05, 3.63) is 43.5 Å². The van der Waals surface area contributed by atoms with E-state index in [0.29, 0.717) is 0 Å². The minimum atomic E-state index is -1.73. The lowest BCUT2D eigenvalue weighted by atomic mass is 9.95. The van der Waals surface area contributed by atoms with Gasteiger partial charge in [-0.15, -0.1) is 0 Å². The molecule has 21 heavy (non-hydrogen) atoms. The first-order valence-corrected chi connectivity index (χ1v) is 5.92. The highest BCUT2D eigenvalue weighted by atomic mass is 16.6. The molecule has 4 N–H and O–H groups in total. The summed E-state index contributed by atoms with van der Waals surface area (Å²) >= 11 is 0. The van der Waals surface area contributed by atoms with E-state index in [2.05, 4.69) is 10.0 Å². The second kappa shape index (κ2) is 5.68. The Kier molecular flexibility index (Phi) is 4.11. The molecule has 1 aromatic rings. The highest BCUT2D eigenvalue weighted by molar-refractivity contribution is 5.06. The number of H-pyrrole nitrogens is 1. The quantitative estimate of drug-likeness (QED) is 0.279. The van der Waals surface area contributed by atoms with Gasteiger partial charge in [0.15, 0.2) is 6.23 Å². The lowest BCUT2D eigenvalue weighted by Gasteiger charge is -2.27. The SMILES string of the molecule is [N-]=[N+]=N[C@H]1[C@H](O)[C@H](n2ccc(=O)[nH]c2=O)OC1(CO)CO. The summed E-state index contributed by atoms with van der Waals surface area (Å²) < 4.78 is 6.23. The summed E-state index contributed by atoms with van der Waals surface area (Å²) in [6, 6.07) is -0.265. The van der Waals surface area contributed by atoms with E-state index in [1.165, 1.54) is 0 Å². The Bertz CT molecular complexity index is 673. The van der Waals surface area contributed by atoms with Crippen LogP contribution in [0.2, 0.25) is 0 Å². The number of rotatable bonds is 4. The summed E-state index contributed by atoms with van der Waals surface area (Å²) in [5.41, 5.74) is 5.32. The number of aliphatic hydroxyl groups is 3. The lowest BCUT2D eigenvalue weighted by Crippen LogP contribution is -2.48. The predicted octanol–water partition coefficient (Wildman–Crippen LogP) is -2.17. The molecule has 1 saturated heterocycles. The van der Waals surface area contributed by atoms with Crippen LogP contribution in [0.25, 0.3) is 10.4 Å². The van der Waals surface area contributed by atoms with E-state index in [0.717, 1.165) is 16.8 Å². The second-order valence-corrected chi connectivity index (χ2v) is 4.55. The van der Waals surface area contributed by atoms with Gasteiger partial charge in [-0.05, 0) is 5.53 Å². The molecule has 0 amide bonds. The number of hydrogen-bond acceptors (Lipinski definition) is 7. The third-order valence-corrected chi connectivity index (χ3v) is 3.35. The zero-order chi connectivity index (χ0) is 15.6. The Labute approximate surface area is 116 Å². The predicted molar refractivity (Wildman–Crippen MR) is 67.3 cm³/mol. The molecule has 1 fully saturated rings. The van der Waals surface area contributed by atoms with Crippen molar-refractivity contribution in [1.82, 2.24) is 9.55 Å². The number of nitrogens with zero attached hydrogens (tertiary/aromatic N) is 4. The number of ether oxygens (including phenoxy) is 1. The average molecular weight is 299 g/mol. The maximum absolute atomic E-state index is 11.7. The van der Waals surface area contributed by atoms with Gasteiger partial charge >= 0.3 is 5.69 Å². The zero-order valence-corrected chi connectivity index (χ0v) is 10.7. The molecule has 1 aliphatic heterocycles. The van der Waals surface area contributed by atoms with Crippen molar-refractivity contribution >= 4 is 0 Å². The molecule has 0 saturated carbocycles. The number of aliphatic hydroxyl groups excluding tert-OH is 3. The van der Waals surface area contributed by atoms with Gasteiger partial charge in [-0.25, -0.2) is 4.79 Å². The van der Waals surface area contributed by atoms with Gasteiger partial charge in [-0.1, -0.05) is 5.11 Å². The largest absolute Gasteiger partial charge is 0.393 e. The number of aromatic nitrogens is 2. The molecular formula is C10H13N5O6. The molecule has 2 rings (SSSR count). The summed E-state index contributed by atoms with van der Waals surface area (Å²) in [4.78, 5) is 27.3. The van der Waals surface area contributed by atoms with Gasteiger partial charge in [-0.2, -0.15) is 0 Å². The monoisotopic (exact) mass is 299 g/mol. The maximum Gasteiger partial charge on any atom is 0.330 e. The Morgan fingerprint density at radius 1 is 1.48 bits per heavy atom. The van der Waals surface area contributed by atoms with Crippen molar-refractivity contribution in [2.45, 2.75) is 24.0 Å². The standard InChI is InChI=1S/C10H13N5O6/c11-14-13-7-6(19)8(21-10(7,3-16)4-17)15-2-1-5(18)12-9(15)20/h1-2,6-8,16-17,19H,3-4H2,(H,12,18,20)/t6-,7-,8+/m0/s1. The molecule has 114 valence electrons. The fourth-order valence-electron chi connectivity index (χ4n) is 2.24. The van der Waals surface area contributed by atoms with E-state index in [4.69, 9.17) is 10.3 Å². The molecule has 11 heteroatoms. The fraction of sp³-hybridized carbons (Fsp3) is 0.600. The molecule has 0 bridgehead atoms. The molecule has 0 aromatic carbocycles. The number of nitrogens with one attached hydrogen (secondary N) is 1. The molecule has 3 atom stereocenters.